The van der Waals surface area contributed by atoms with Gasteiger partial charge in [-0.25, -0.2) is 4.98 Å². The molecule has 3 aromatic rings. The standard InChI is InChI=1S/C22H21N3O3/c1-14-5-7-15(8-6-14)21-23-18-12-25(10-9-17(18)22(26)24-21)11-16-3-2-4-19-20(16)28-13-27-19/h2-8H,9-13H2,1H3,(H,23,24,26). The Morgan fingerprint density at radius 2 is 2.00 bits per heavy atom. The van der Waals surface area contributed by atoms with Crippen molar-refractivity contribution in [3.63, 3.8) is 0 Å². The van der Waals surface area contributed by atoms with Crippen molar-refractivity contribution in [1.82, 2.24) is 14.9 Å². The fourth-order valence-corrected chi connectivity index (χ4v) is 3.83. The molecule has 5 rings (SSSR count). The Morgan fingerprint density at radius 1 is 1.14 bits per heavy atom. The van der Waals surface area contributed by atoms with E-state index in [1.54, 1.807) is 0 Å². The van der Waals surface area contributed by atoms with Gasteiger partial charge in [0.25, 0.3) is 5.56 Å². The minimum absolute atomic E-state index is 0.0300. The van der Waals surface area contributed by atoms with Gasteiger partial charge >= 0.3 is 0 Å². The molecule has 0 amide bonds. The molecule has 1 aromatic heterocycles. The Bertz CT molecular complexity index is 1090. The van der Waals surface area contributed by atoms with Crippen molar-refractivity contribution in [3.05, 3.63) is 75.2 Å². The summed E-state index contributed by atoms with van der Waals surface area (Å²) in [6.07, 6.45) is 0.693. The first-order valence-corrected chi connectivity index (χ1v) is 9.46. The summed E-state index contributed by atoms with van der Waals surface area (Å²) < 4.78 is 11.1. The predicted octanol–water partition coefficient (Wildman–Crippen LogP) is 3.03. The average Bonchev–Trinajstić information content (AvgIpc) is 3.18. The first-order valence-electron chi connectivity index (χ1n) is 9.46. The van der Waals surface area contributed by atoms with E-state index in [1.165, 1.54) is 5.56 Å². The smallest absolute Gasteiger partial charge is 0.254 e. The van der Waals surface area contributed by atoms with Crippen LogP contribution in [0.3, 0.4) is 0 Å². The van der Waals surface area contributed by atoms with E-state index in [4.69, 9.17) is 14.5 Å². The minimum atomic E-state index is -0.0300. The molecule has 1 N–H and O–H groups in total. The van der Waals surface area contributed by atoms with Crippen LogP contribution in [0, 0.1) is 6.92 Å². The van der Waals surface area contributed by atoms with Gasteiger partial charge in [-0.1, -0.05) is 42.0 Å². The van der Waals surface area contributed by atoms with E-state index in [0.717, 1.165) is 47.0 Å². The Morgan fingerprint density at radius 3 is 2.86 bits per heavy atom. The van der Waals surface area contributed by atoms with E-state index in [1.807, 2.05) is 43.3 Å². The zero-order chi connectivity index (χ0) is 19.1. The molecule has 3 heterocycles. The van der Waals surface area contributed by atoms with Crippen LogP contribution in [0.1, 0.15) is 22.4 Å². The van der Waals surface area contributed by atoms with Crippen LogP contribution in [0.4, 0.5) is 0 Å². The molecule has 2 aliphatic heterocycles. The predicted molar refractivity (Wildman–Crippen MR) is 105 cm³/mol. The van der Waals surface area contributed by atoms with E-state index < -0.39 is 0 Å². The summed E-state index contributed by atoms with van der Waals surface area (Å²) in [5.41, 5.74) is 4.82. The van der Waals surface area contributed by atoms with Crippen LogP contribution in [0.2, 0.25) is 0 Å². The maximum Gasteiger partial charge on any atom is 0.254 e. The van der Waals surface area contributed by atoms with Crippen LogP contribution < -0.4 is 15.0 Å². The van der Waals surface area contributed by atoms with Gasteiger partial charge in [0.15, 0.2) is 11.5 Å². The van der Waals surface area contributed by atoms with Crippen molar-refractivity contribution in [2.75, 3.05) is 13.3 Å². The molecule has 0 aliphatic carbocycles. The molecular formula is C22H21N3O3. The van der Waals surface area contributed by atoms with Gasteiger partial charge in [-0.05, 0) is 19.4 Å². The molecule has 142 valence electrons. The molecule has 0 atom stereocenters. The van der Waals surface area contributed by atoms with E-state index in [9.17, 15) is 4.79 Å². The highest BCUT2D eigenvalue weighted by Gasteiger charge is 2.24. The van der Waals surface area contributed by atoms with E-state index >= 15 is 0 Å². The summed E-state index contributed by atoms with van der Waals surface area (Å²) in [7, 11) is 0. The molecular weight excluding hydrogens is 354 g/mol. The maximum absolute atomic E-state index is 12.6. The number of nitrogens with one attached hydrogen (secondary N) is 1. The Kier molecular flexibility index (Phi) is 4.13. The van der Waals surface area contributed by atoms with Gasteiger partial charge in [-0.2, -0.15) is 0 Å². The molecule has 0 spiro atoms. The van der Waals surface area contributed by atoms with Crippen molar-refractivity contribution in [1.29, 1.82) is 0 Å². The second-order valence-electron chi connectivity index (χ2n) is 7.32. The van der Waals surface area contributed by atoms with Crippen LogP contribution in [0.15, 0.2) is 47.3 Å². The topological polar surface area (TPSA) is 67.5 Å². The molecule has 0 saturated carbocycles. The number of aryl methyl sites for hydroxylation is 1. The molecule has 0 bridgehead atoms. The Balaban J connectivity index is 1.43. The fourth-order valence-electron chi connectivity index (χ4n) is 3.83. The number of nitrogens with zero attached hydrogens (tertiary/aromatic N) is 2. The monoisotopic (exact) mass is 375 g/mol. The third kappa shape index (κ3) is 3.05. The number of aromatic nitrogens is 2. The molecule has 6 nitrogen and oxygen atoms in total. The van der Waals surface area contributed by atoms with Crippen LogP contribution in [0.25, 0.3) is 11.4 Å². The lowest BCUT2D eigenvalue weighted by Crippen LogP contribution is -2.35. The first-order chi connectivity index (χ1) is 13.7. The van der Waals surface area contributed by atoms with Gasteiger partial charge in [-0.3, -0.25) is 9.69 Å². The molecule has 0 fully saturated rings. The number of benzene rings is 2. The lowest BCUT2D eigenvalue weighted by molar-refractivity contribution is 0.171. The molecule has 0 radical (unpaired) electrons. The average molecular weight is 375 g/mol. The molecule has 2 aromatic carbocycles. The number of aromatic amines is 1. The largest absolute Gasteiger partial charge is 0.454 e. The number of para-hydroxylation sites is 1. The number of fused-ring (bicyclic) bond motifs is 2. The zero-order valence-electron chi connectivity index (χ0n) is 15.7. The van der Waals surface area contributed by atoms with Crippen molar-refractivity contribution in [3.8, 4) is 22.9 Å². The third-order valence-electron chi connectivity index (χ3n) is 5.35. The van der Waals surface area contributed by atoms with Gasteiger partial charge in [0.05, 0.1) is 5.69 Å². The van der Waals surface area contributed by atoms with Crippen molar-refractivity contribution < 1.29 is 9.47 Å². The summed E-state index contributed by atoms with van der Waals surface area (Å²) in [4.78, 5) is 22.6. The van der Waals surface area contributed by atoms with E-state index in [0.29, 0.717) is 18.8 Å². The van der Waals surface area contributed by atoms with Crippen molar-refractivity contribution >= 4 is 0 Å². The molecule has 6 heteroatoms. The Hall–Kier alpha value is -3.12. The third-order valence-corrected chi connectivity index (χ3v) is 5.35. The summed E-state index contributed by atoms with van der Waals surface area (Å²) in [6.45, 7) is 4.50. The number of hydrogen-bond acceptors (Lipinski definition) is 5. The van der Waals surface area contributed by atoms with Gasteiger partial charge in [-0.15, -0.1) is 0 Å². The van der Waals surface area contributed by atoms with E-state index in [2.05, 4.69) is 16.0 Å². The number of hydrogen-bond donors (Lipinski definition) is 1. The lowest BCUT2D eigenvalue weighted by Gasteiger charge is -2.28. The summed E-state index contributed by atoms with van der Waals surface area (Å²) in [5, 5.41) is 0. The van der Waals surface area contributed by atoms with Crippen molar-refractivity contribution in [2.24, 2.45) is 0 Å². The molecule has 0 unspecified atom stereocenters. The van der Waals surface area contributed by atoms with Crippen LogP contribution in [0.5, 0.6) is 11.5 Å². The van der Waals surface area contributed by atoms with Gasteiger partial charge < -0.3 is 14.5 Å². The van der Waals surface area contributed by atoms with Gasteiger partial charge in [0.1, 0.15) is 5.82 Å². The van der Waals surface area contributed by atoms with E-state index in [-0.39, 0.29) is 12.4 Å². The first kappa shape index (κ1) is 17.0. The van der Waals surface area contributed by atoms with Crippen LogP contribution in [-0.4, -0.2) is 28.2 Å². The highest BCUT2D eigenvalue weighted by Crippen LogP contribution is 2.36. The Labute approximate surface area is 162 Å². The molecule has 0 saturated heterocycles. The summed E-state index contributed by atoms with van der Waals surface area (Å²) in [5.74, 6) is 2.25. The minimum Gasteiger partial charge on any atom is -0.454 e. The maximum atomic E-state index is 12.6. The normalized spacial score (nSPS) is 15.5. The lowest BCUT2D eigenvalue weighted by atomic mass is 10.0. The summed E-state index contributed by atoms with van der Waals surface area (Å²) >= 11 is 0. The number of rotatable bonds is 3. The van der Waals surface area contributed by atoms with Gasteiger partial charge in [0.2, 0.25) is 6.79 Å². The molecule has 2 aliphatic rings. The zero-order valence-corrected chi connectivity index (χ0v) is 15.7. The van der Waals surface area contributed by atoms with Crippen molar-refractivity contribution in [2.45, 2.75) is 26.4 Å². The van der Waals surface area contributed by atoms with Crippen LogP contribution in [-0.2, 0) is 19.5 Å². The van der Waals surface area contributed by atoms with Crippen LogP contribution >= 0.6 is 0 Å². The van der Waals surface area contributed by atoms with Gasteiger partial charge in [0, 0.05) is 36.3 Å². The highest BCUT2D eigenvalue weighted by molar-refractivity contribution is 5.55. The number of H-pyrrole nitrogens is 1. The fraction of sp³-hybridized carbons (Fsp3) is 0.273. The second-order valence-corrected chi connectivity index (χ2v) is 7.32. The quantitative estimate of drug-likeness (QED) is 0.762. The number of ether oxygens (including phenoxy) is 2. The second kappa shape index (κ2) is 6.80. The highest BCUT2D eigenvalue weighted by atomic mass is 16.7. The summed E-state index contributed by atoms with van der Waals surface area (Å²) in [6, 6.07) is 14.0. The SMILES string of the molecule is Cc1ccc(-c2nc3c(c(=O)[nH]2)CCN(Cc2cccc4c2OCO4)C3)cc1. The molecule has 28 heavy (non-hydrogen) atoms.